The third-order valence-electron chi connectivity index (χ3n) is 8.18. The Bertz CT molecular complexity index is 1560. The minimum Gasteiger partial charge on any atom is -0.456 e. The van der Waals surface area contributed by atoms with E-state index in [9.17, 15) is 34.6 Å². The van der Waals surface area contributed by atoms with Crippen molar-refractivity contribution in [3.63, 3.8) is 0 Å². The van der Waals surface area contributed by atoms with E-state index in [2.05, 4.69) is 33.9 Å². The number of non-ortho nitro benzene ring substituents is 2. The Balaban J connectivity index is 1.46. The maximum Gasteiger partial charge on any atom is 0.508 e. The molecule has 0 spiro atoms. The highest BCUT2D eigenvalue weighted by molar-refractivity contribution is 8.04. The van der Waals surface area contributed by atoms with Crippen molar-refractivity contribution >= 4 is 49.5 Å². The predicted molar refractivity (Wildman–Crippen MR) is 169 cm³/mol. The zero-order chi connectivity index (χ0) is 34.0. The molecule has 2 aliphatic rings. The molecule has 0 aliphatic carbocycles. The van der Waals surface area contributed by atoms with E-state index in [0.29, 0.717) is 16.0 Å². The van der Waals surface area contributed by atoms with Gasteiger partial charge >= 0.3 is 12.1 Å². The Morgan fingerprint density at radius 1 is 0.891 bits per heavy atom. The number of nitrogens with zero attached hydrogens (tertiary/aromatic N) is 3. The third-order valence-corrected chi connectivity index (χ3v) is 14.1. The van der Waals surface area contributed by atoms with Gasteiger partial charge in [-0.3, -0.25) is 29.9 Å². The highest BCUT2D eigenvalue weighted by Gasteiger charge is 2.59. The van der Waals surface area contributed by atoms with Gasteiger partial charge in [0.15, 0.2) is 8.32 Å². The number of rotatable bonds is 12. The molecule has 0 saturated carbocycles. The summed E-state index contributed by atoms with van der Waals surface area (Å²) in [6.07, 6.45) is -1.48. The quantitative estimate of drug-likeness (QED) is 0.0838. The maximum atomic E-state index is 13.5. The second-order valence-corrected chi connectivity index (χ2v) is 18.3. The molecule has 3 atom stereocenters. The molecule has 2 heterocycles. The van der Waals surface area contributed by atoms with Crippen molar-refractivity contribution in [1.29, 1.82) is 0 Å². The van der Waals surface area contributed by atoms with Gasteiger partial charge in [-0.15, -0.1) is 0 Å². The van der Waals surface area contributed by atoms with E-state index in [1.54, 1.807) is 0 Å². The van der Waals surface area contributed by atoms with Crippen LogP contribution in [0.2, 0.25) is 18.1 Å². The first kappa shape index (κ1) is 34.6. The molecule has 46 heavy (non-hydrogen) atoms. The van der Waals surface area contributed by atoms with Crippen LogP contribution >= 0.6 is 11.8 Å². The molecule has 0 N–H and O–H groups in total. The first-order valence-corrected chi connectivity index (χ1v) is 18.1. The van der Waals surface area contributed by atoms with Gasteiger partial charge in [-0.05, 0) is 60.4 Å². The Hall–Kier alpha value is -4.28. The minimum atomic E-state index is -2.23. The lowest BCUT2D eigenvalue weighted by Gasteiger charge is -2.48. The van der Waals surface area contributed by atoms with Crippen LogP contribution in [-0.4, -0.2) is 59.2 Å². The molecule has 2 aromatic rings. The van der Waals surface area contributed by atoms with Gasteiger partial charge < -0.3 is 18.6 Å². The topological polar surface area (TPSA) is 178 Å². The fourth-order valence-electron chi connectivity index (χ4n) is 4.60. The van der Waals surface area contributed by atoms with Crippen LogP contribution < -0.4 is 0 Å². The number of β-lactam (4-membered cyclic amide) rings is 1. The summed E-state index contributed by atoms with van der Waals surface area (Å²) >= 11 is 1.21. The third kappa shape index (κ3) is 7.56. The highest BCUT2D eigenvalue weighted by Crippen LogP contribution is 2.52. The monoisotopic (exact) mass is 673 g/mol. The molecular weight excluding hydrogens is 638 g/mol. The molecule has 2 aromatic carbocycles. The molecule has 1 saturated heterocycles. The van der Waals surface area contributed by atoms with Crippen LogP contribution in [0.5, 0.6) is 0 Å². The minimum absolute atomic E-state index is 0.0548. The number of nitro benzene ring substituents is 2. The highest BCUT2D eigenvalue weighted by atomic mass is 32.2. The van der Waals surface area contributed by atoms with Crippen LogP contribution in [0.1, 0.15) is 38.8 Å². The number of nitro groups is 2. The molecule has 16 heteroatoms. The van der Waals surface area contributed by atoms with Crippen LogP contribution in [0.3, 0.4) is 0 Å². The summed E-state index contributed by atoms with van der Waals surface area (Å²) in [7, 11) is -2.23. The van der Waals surface area contributed by atoms with Gasteiger partial charge in [-0.1, -0.05) is 32.5 Å². The normalized spacial score (nSPS) is 18.4. The molecule has 0 unspecified atom stereocenters. The van der Waals surface area contributed by atoms with Crippen LogP contribution in [-0.2, 0) is 41.4 Å². The summed E-state index contributed by atoms with van der Waals surface area (Å²) in [6.45, 7) is 11.5. The molecule has 0 bridgehead atoms. The number of carbonyl (C=O) groups is 3. The van der Waals surface area contributed by atoms with Crippen molar-refractivity contribution < 1.29 is 42.9 Å². The molecule has 4 rings (SSSR count). The van der Waals surface area contributed by atoms with Crippen molar-refractivity contribution in [2.45, 2.75) is 70.5 Å². The van der Waals surface area contributed by atoms with E-state index in [0.717, 1.165) is 0 Å². The van der Waals surface area contributed by atoms with Gasteiger partial charge in [-0.2, -0.15) is 0 Å². The fourth-order valence-corrected chi connectivity index (χ4v) is 7.54. The van der Waals surface area contributed by atoms with E-state index in [-0.39, 0.29) is 47.8 Å². The van der Waals surface area contributed by atoms with Crippen molar-refractivity contribution in [2.24, 2.45) is 5.92 Å². The van der Waals surface area contributed by atoms with E-state index in [1.807, 2.05) is 6.92 Å². The van der Waals surface area contributed by atoms with Gasteiger partial charge in [0.25, 0.3) is 11.4 Å². The van der Waals surface area contributed by atoms with Gasteiger partial charge in [0, 0.05) is 24.3 Å². The second-order valence-electron chi connectivity index (χ2n) is 12.3. The van der Waals surface area contributed by atoms with Crippen LogP contribution in [0.4, 0.5) is 16.2 Å². The smallest absolute Gasteiger partial charge is 0.456 e. The Kier molecular flexibility index (Phi) is 10.2. The first-order valence-electron chi connectivity index (χ1n) is 14.3. The van der Waals surface area contributed by atoms with E-state index in [4.69, 9.17) is 18.6 Å². The number of hydrogen-bond acceptors (Lipinski definition) is 12. The number of carbonyl (C=O) groups excluding carboxylic acids is 3. The van der Waals surface area contributed by atoms with E-state index >= 15 is 0 Å². The number of amides is 1. The maximum absolute atomic E-state index is 13.5. The van der Waals surface area contributed by atoms with E-state index in [1.165, 1.54) is 65.2 Å². The molecule has 2 aliphatic heterocycles. The van der Waals surface area contributed by atoms with Gasteiger partial charge in [0.2, 0.25) is 5.91 Å². The SMILES string of the molecule is C[C@@H](O[Si](C)(C)C(C)(C)C)[C@H]1C(=O)N2C(C(=O)OCc3ccc([N+](=O)[O-])cc3)=C(COC(=O)OCc3ccc([N+](=O)[O-])cc3)S[C@H]12. The summed E-state index contributed by atoms with van der Waals surface area (Å²) in [6, 6.07) is 11.0. The van der Waals surface area contributed by atoms with Gasteiger partial charge in [-0.25, -0.2) is 9.59 Å². The molecule has 0 radical (unpaired) electrons. The average Bonchev–Trinajstić information content (AvgIpc) is 3.31. The first-order chi connectivity index (χ1) is 21.5. The molecule has 1 amide bonds. The molecule has 14 nitrogen and oxygen atoms in total. The summed E-state index contributed by atoms with van der Waals surface area (Å²) in [5.41, 5.74) is 0.727. The lowest BCUT2D eigenvalue weighted by molar-refractivity contribution is -0.385. The lowest BCUT2D eigenvalue weighted by atomic mass is 9.92. The largest absolute Gasteiger partial charge is 0.508 e. The standard InChI is InChI=1S/C30H35N3O11SSi/c1-18(44-46(5,6)30(2,3)4)24-26(34)31-25(28(35)41-15-19-7-11-21(12-8-19)32(37)38)23(45-27(24)31)17-43-29(36)42-16-20-9-13-22(14-10-20)33(39)40/h7-14,18,24,27H,15-17H2,1-6H3/t18-,24+,27-/m1/s1. The summed E-state index contributed by atoms with van der Waals surface area (Å²) < 4.78 is 22.4. The van der Waals surface area contributed by atoms with Gasteiger partial charge in [0.1, 0.15) is 30.9 Å². The van der Waals surface area contributed by atoms with Crippen LogP contribution in [0, 0.1) is 26.1 Å². The number of ether oxygens (including phenoxy) is 3. The lowest BCUT2D eigenvalue weighted by Crippen LogP contribution is -2.62. The summed E-state index contributed by atoms with van der Waals surface area (Å²) in [4.78, 5) is 61.6. The van der Waals surface area contributed by atoms with Crippen LogP contribution in [0.15, 0.2) is 59.1 Å². The zero-order valence-electron chi connectivity index (χ0n) is 26.2. The van der Waals surface area contributed by atoms with Crippen molar-refractivity contribution in [1.82, 2.24) is 4.90 Å². The van der Waals surface area contributed by atoms with E-state index < -0.39 is 47.7 Å². The second kappa shape index (κ2) is 13.6. The van der Waals surface area contributed by atoms with Gasteiger partial charge in [0.05, 0.1) is 26.8 Å². The molecule has 246 valence electrons. The number of hydrogen-bond donors (Lipinski definition) is 0. The fraction of sp³-hybridized carbons (Fsp3) is 0.433. The number of thioether (sulfide) groups is 1. The molecule has 1 fully saturated rings. The van der Waals surface area contributed by atoms with Crippen molar-refractivity contribution in [3.05, 3.63) is 90.5 Å². The zero-order valence-corrected chi connectivity index (χ0v) is 28.0. The average molecular weight is 674 g/mol. The van der Waals surface area contributed by atoms with Crippen molar-refractivity contribution in [2.75, 3.05) is 6.61 Å². The molecular formula is C30H35N3O11SSi. The summed E-state index contributed by atoms with van der Waals surface area (Å²) in [5.74, 6) is -1.69. The Morgan fingerprint density at radius 3 is 1.85 bits per heavy atom. The number of benzene rings is 2. The van der Waals surface area contributed by atoms with Crippen molar-refractivity contribution in [3.8, 4) is 0 Å². The number of fused-ring (bicyclic) bond motifs is 1. The molecule has 0 aromatic heterocycles. The van der Waals surface area contributed by atoms with Crippen LogP contribution in [0.25, 0.3) is 0 Å². The number of esters is 1. The Morgan fingerprint density at radius 2 is 1.37 bits per heavy atom. The summed E-state index contributed by atoms with van der Waals surface area (Å²) in [5, 5.41) is 21.2. The Labute approximate surface area is 270 Å². The predicted octanol–water partition coefficient (Wildman–Crippen LogP) is 6.05.